The first-order chi connectivity index (χ1) is 11.6. The van der Waals surface area contributed by atoms with Crippen molar-refractivity contribution in [3.63, 3.8) is 0 Å². The van der Waals surface area contributed by atoms with Crippen molar-refractivity contribution in [1.82, 2.24) is 9.88 Å². The van der Waals surface area contributed by atoms with Crippen molar-refractivity contribution < 1.29 is 9.59 Å². The Morgan fingerprint density at radius 3 is 2.67 bits per heavy atom. The van der Waals surface area contributed by atoms with Gasteiger partial charge in [-0.2, -0.15) is 0 Å². The van der Waals surface area contributed by atoms with Gasteiger partial charge in [-0.15, -0.1) is 0 Å². The van der Waals surface area contributed by atoms with E-state index in [1.165, 1.54) is 0 Å². The van der Waals surface area contributed by atoms with E-state index in [1.807, 2.05) is 19.1 Å². The second kappa shape index (κ2) is 6.97. The summed E-state index contributed by atoms with van der Waals surface area (Å²) in [4.78, 5) is 31.2. The van der Waals surface area contributed by atoms with Gasteiger partial charge in [0.25, 0.3) is 5.91 Å². The Balaban J connectivity index is 1.86. The lowest BCUT2D eigenvalue weighted by Gasteiger charge is -2.35. The minimum atomic E-state index is -0.648. The summed E-state index contributed by atoms with van der Waals surface area (Å²) in [6.07, 6.45) is 0.272. The molecule has 0 unspecified atom stereocenters. The monoisotopic (exact) mass is 326 g/mol. The summed E-state index contributed by atoms with van der Waals surface area (Å²) in [5.74, 6) is 0.353. The predicted molar refractivity (Wildman–Crippen MR) is 95.5 cm³/mol. The molecule has 0 bridgehead atoms. The highest BCUT2D eigenvalue weighted by Gasteiger charge is 2.17. The molecule has 0 saturated carbocycles. The van der Waals surface area contributed by atoms with Gasteiger partial charge in [0.05, 0.1) is 5.52 Å². The average Bonchev–Trinajstić information content (AvgIpc) is 2.62. The Hall–Kier alpha value is -2.47. The van der Waals surface area contributed by atoms with Gasteiger partial charge in [0.15, 0.2) is 0 Å². The van der Waals surface area contributed by atoms with Crippen LogP contribution < -0.4 is 10.2 Å². The molecule has 1 aliphatic heterocycles. The molecule has 1 N–H and O–H groups in total. The lowest BCUT2D eigenvalue weighted by Crippen LogP contribution is -2.46. The molecular formula is C18H22N4O2. The minimum Gasteiger partial charge on any atom is -0.354 e. The molecule has 0 aliphatic carbocycles. The summed E-state index contributed by atoms with van der Waals surface area (Å²) in [6.45, 7) is 9.42. The van der Waals surface area contributed by atoms with Gasteiger partial charge < -0.3 is 15.1 Å². The van der Waals surface area contributed by atoms with Crippen molar-refractivity contribution in [3.05, 3.63) is 29.8 Å². The fraction of sp³-hybridized carbons (Fsp3) is 0.389. The number of aldehydes is 1. The maximum Gasteiger partial charge on any atom is 0.288 e. The molecule has 1 fully saturated rings. The fourth-order valence-corrected chi connectivity index (χ4v) is 3.08. The van der Waals surface area contributed by atoms with Crippen molar-refractivity contribution >= 4 is 34.6 Å². The molecule has 1 aromatic carbocycles. The van der Waals surface area contributed by atoms with Crippen LogP contribution >= 0.6 is 0 Å². The molecule has 1 aliphatic rings. The van der Waals surface area contributed by atoms with Gasteiger partial charge in [-0.25, -0.2) is 4.98 Å². The van der Waals surface area contributed by atoms with Gasteiger partial charge in [0.2, 0.25) is 6.29 Å². The quantitative estimate of drug-likeness (QED) is 0.686. The van der Waals surface area contributed by atoms with E-state index in [0.29, 0.717) is 5.69 Å². The van der Waals surface area contributed by atoms with Gasteiger partial charge in [0, 0.05) is 37.3 Å². The number of piperazine rings is 1. The van der Waals surface area contributed by atoms with Gasteiger partial charge in [0.1, 0.15) is 5.82 Å². The van der Waals surface area contributed by atoms with Crippen LogP contribution in [0, 0.1) is 6.92 Å². The number of pyridine rings is 1. The number of hydrogen-bond donors (Lipinski definition) is 1. The van der Waals surface area contributed by atoms with Crippen molar-refractivity contribution in [2.45, 2.75) is 13.8 Å². The van der Waals surface area contributed by atoms with E-state index in [2.05, 4.69) is 28.1 Å². The smallest absolute Gasteiger partial charge is 0.288 e. The summed E-state index contributed by atoms with van der Waals surface area (Å²) in [6, 6.07) is 7.61. The van der Waals surface area contributed by atoms with Crippen molar-refractivity contribution in [2.75, 3.05) is 42.9 Å². The zero-order valence-electron chi connectivity index (χ0n) is 14.1. The molecule has 1 amide bonds. The molecule has 3 rings (SSSR count). The van der Waals surface area contributed by atoms with Crippen LogP contribution in [0.15, 0.2) is 24.3 Å². The average molecular weight is 326 g/mol. The van der Waals surface area contributed by atoms with Crippen LogP contribution in [0.5, 0.6) is 0 Å². The molecule has 1 aromatic heterocycles. The summed E-state index contributed by atoms with van der Waals surface area (Å²) < 4.78 is 0. The lowest BCUT2D eigenvalue weighted by molar-refractivity contribution is -0.127. The zero-order valence-corrected chi connectivity index (χ0v) is 14.1. The fourth-order valence-electron chi connectivity index (χ4n) is 3.08. The Morgan fingerprint density at radius 2 is 2.00 bits per heavy atom. The maximum absolute atomic E-state index is 11.2. The number of aryl methyl sites for hydroxylation is 1. The van der Waals surface area contributed by atoms with Crippen LogP contribution in [-0.2, 0) is 9.59 Å². The number of carbonyl (C=O) groups excluding carboxylic acids is 2. The minimum absolute atomic E-state index is 0.272. The maximum atomic E-state index is 11.2. The molecule has 1 saturated heterocycles. The SMILES string of the molecule is CCN1CCN(c2cc(C)c3cc(NC(=O)C=O)ccc3n2)CC1. The molecule has 2 aromatic rings. The first-order valence-corrected chi connectivity index (χ1v) is 8.25. The third-order valence-electron chi connectivity index (χ3n) is 4.52. The van der Waals surface area contributed by atoms with E-state index in [9.17, 15) is 9.59 Å². The lowest BCUT2D eigenvalue weighted by atomic mass is 10.1. The van der Waals surface area contributed by atoms with E-state index in [1.54, 1.807) is 6.07 Å². The number of nitrogens with zero attached hydrogens (tertiary/aromatic N) is 3. The third-order valence-corrected chi connectivity index (χ3v) is 4.52. The largest absolute Gasteiger partial charge is 0.354 e. The van der Waals surface area contributed by atoms with E-state index < -0.39 is 5.91 Å². The first kappa shape index (κ1) is 16.4. The van der Waals surface area contributed by atoms with Crippen LogP contribution in [0.25, 0.3) is 10.9 Å². The predicted octanol–water partition coefficient (Wildman–Crippen LogP) is 1.82. The zero-order chi connectivity index (χ0) is 17.1. The Labute approximate surface area is 141 Å². The first-order valence-electron chi connectivity index (χ1n) is 8.25. The second-order valence-electron chi connectivity index (χ2n) is 6.06. The summed E-state index contributed by atoms with van der Waals surface area (Å²) >= 11 is 0. The highest BCUT2D eigenvalue weighted by Crippen LogP contribution is 2.26. The number of hydrogen-bond acceptors (Lipinski definition) is 5. The molecule has 24 heavy (non-hydrogen) atoms. The van der Waals surface area contributed by atoms with E-state index in [4.69, 9.17) is 4.98 Å². The number of rotatable bonds is 4. The van der Waals surface area contributed by atoms with Crippen molar-refractivity contribution in [2.24, 2.45) is 0 Å². The number of aromatic nitrogens is 1. The highest BCUT2D eigenvalue weighted by molar-refractivity contribution is 6.29. The van der Waals surface area contributed by atoms with Crippen LogP contribution in [0.2, 0.25) is 0 Å². The number of anilines is 2. The van der Waals surface area contributed by atoms with Crippen molar-refractivity contribution in [3.8, 4) is 0 Å². The number of likely N-dealkylation sites (N-methyl/N-ethyl adjacent to an activating group) is 1. The third kappa shape index (κ3) is 3.38. The number of fused-ring (bicyclic) bond motifs is 1. The normalized spacial score (nSPS) is 15.5. The number of amides is 1. The molecule has 0 atom stereocenters. The second-order valence-corrected chi connectivity index (χ2v) is 6.06. The van der Waals surface area contributed by atoms with E-state index in [-0.39, 0.29) is 6.29 Å². The molecule has 0 radical (unpaired) electrons. The van der Waals surface area contributed by atoms with Crippen LogP contribution in [0.3, 0.4) is 0 Å². The number of carbonyl (C=O) groups is 2. The van der Waals surface area contributed by atoms with Gasteiger partial charge >= 0.3 is 0 Å². The summed E-state index contributed by atoms with van der Waals surface area (Å²) in [5, 5.41) is 3.53. The topological polar surface area (TPSA) is 65.5 Å². The summed E-state index contributed by atoms with van der Waals surface area (Å²) in [7, 11) is 0. The molecule has 6 heteroatoms. The molecule has 0 spiro atoms. The van der Waals surface area contributed by atoms with Gasteiger partial charge in [-0.3, -0.25) is 9.59 Å². The van der Waals surface area contributed by atoms with Gasteiger partial charge in [-0.1, -0.05) is 6.92 Å². The van der Waals surface area contributed by atoms with Crippen LogP contribution in [0.4, 0.5) is 11.5 Å². The van der Waals surface area contributed by atoms with Crippen LogP contribution in [-0.4, -0.2) is 54.8 Å². The Bertz CT molecular complexity index is 767. The summed E-state index contributed by atoms with van der Waals surface area (Å²) in [5.41, 5.74) is 2.61. The van der Waals surface area contributed by atoms with Gasteiger partial charge in [-0.05, 0) is 43.3 Å². The van der Waals surface area contributed by atoms with E-state index >= 15 is 0 Å². The molecule has 6 nitrogen and oxygen atoms in total. The number of benzene rings is 1. The molecular weight excluding hydrogens is 304 g/mol. The standard InChI is InChI=1S/C18H22N4O2/c1-3-21-6-8-22(9-7-21)17-10-13(2)15-11-14(19-18(24)12-23)4-5-16(15)20-17/h4-5,10-12H,3,6-9H2,1-2H3,(H,19,24). The molecule has 126 valence electrons. The Kier molecular flexibility index (Phi) is 4.76. The number of nitrogens with one attached hydrogen (secondary N) is 1. The van der Waals surface area contributed by atoms with Crippen molar-refractivity contribution in [1.29, 1.82) is 0 Å². The molecule has 2 heterocycles. The van der Waals surface area contributed by atoms with E-state index in [0.717, 1.165) is 55.0 Å². The highest BCUT2D eigenvalue weighted by atomic mass is 16.2. The van der Waals surface area contributed by atoms with Crippen LogP contribution in [0.1, 0.15) is 12.5 Å². The Morgan fingerprint density at radius 1 is 1.25 bits per heavy atom.